The number of esters is 4. The summed E-state index contributed by atoms with van der Waals surface area (Å²) in [4.78, 5) is 128. The topological polar surface area (TPSA) is 406 Å². The van der Waals surface area contributed by atoms with Gasteiger partial charge in [0.2, 0.25) is 11.8 Å². The minimum Gasteiger partial charge on any atom is -0.462 e. The zero-order chi connectivity index (χ0) is 90.4. The summed E-state index contributed by atoms with van der Waals surface area (Å²) in [6.45, 7) is 10.9. The summed E-state index contributed by atoms with van der Waals surface area (Å²) in [6, 6.07) is -3.86. The minimum absolute atomic E-state index is 0.0781. The number of rotatable bonds is 84. The van der Waals surface area contributed by atoms with Gasteiger partial charge in [0.15, 0.2) is 24.8 Å². The lowest BCUT2D eigenvalue weighted by molar-refractivity contribution is -0.297. The van der Waals surface area contributed by atoms with Gasteiger partial charge >= 0.3 is 39.5 Å². The third kappa shape index (κ3) is 61.9. The van der Waals surface area contributed by atoms with Gasteiger partial charge in [-0.05, 0) is 51.4 Å². The van der Waals surface area contributed by atoms with Crippen LogP contribution in [0.5, 0.6) is 0 Å². The molecule has 14 atom stereocenters. The summed E-state index contributed by atoms with van der Waals surface area (Å²) >= 11 is 0. The fourth-order valence-electron chi connectivity index (χ4n) is 16.6. The van der Waals surface area contributed by atoms with Gasteiger partial charge in [0.25, 0.3) is 0 Å². The molecular formula is C94H178N2O25P2. The molecule has 2 fully saturated rings. The summed E-state index contributed by atoms with van der Waals surface area (Å²) in [7, 11) is -11.4. The Kier molecular flexibility index (Phi) is 71.0. The van der Waals surface area contributed by atoms with Crippen LogP contribution in [0.4, 0.5) is 0 Å². The van der Waals surface area contributed by atoms with Crippen LogP contribution in [0.15, 0.2) is 0 Å². The molecule has 4 unspecified atom stereocenters. The van der Waals surface area contributed by atoms with Crippen molar-refractivity contribution in [3.05, 3.63) is 0 Å². The van der Waals surface area contributed by atoms with Gasteiger partial charge in [-0.1, -0.05) is 375 Å². The van der Waals surface area contributed by atoms with E-state index in [1.807, 2.05) is 0 Å². The maximum Gasteiger partial charge on any atom is 0.472 e. The first-order valence-corrected chi connectivity index (χ1v) is 52.8. The first kappa shape index (κ1) is 116. The van der Waals surface area contributed by atoms with Gasteiger partial charge in [0, 0.05) is 12.8 Å². The second-order valence-electron chi connectivity index (χ2n) is 35.5. The van der Waals surface area contributed by atoms with E-state index in [1.165, 1.54) is 64.2 Å². The number of carbonyl (C=O) groups is 6. The molecule has 0 radical (unpaired) electrons. The van der Waals surface area contributed by atoms with Gasteiger partial charge in [0.1, 0.15) is 48.7 Å². The molecule has 0 spiro atoms. The van der Waals surface area contributed by atoms with Gasteiger partial charge < -0.3 is 83.8 Å². The monoisotopic (exact) mass is 1800 g/mol. The zero-order valence-corrected chi connectivity index (χ0v) is 79.4. The number of unbranched alkanes of at least 4 members (excludes halogenated alkanes) is 50. The van der Waals surface area contributed by atoms with Crippen molar-refractivity contribution in [1.82, 2.24) is 10.6 Å². The Morgan fingerprint density at radius 3 is 0.984 bits per heavy atom. The Bertz CT molecular complexity index is 2710. The van der Waals surface area contributed by atoms with Crippen molar-refractivity contribution < 1.29 is 120 Å². The third-order valence-electron chi connectivity index (χ3n) is 23.9. The maximum absolute atomic E-state index is 15.2. The Hall–Kier alpha value is -3.24. The van der Waals surface area contributed by atoms with Crippen LogP contribution in [0.25, 0.3) is 0 Å². The predicted octanol–water partition coefficient (Wildman–Crippen LogP) is 20.6. The van der Waals surface area contributed by atoms with Crippen molar-refractivity contribution in [3.63, 3.8) is 0 Å². The Morgan fingerprint density at radius 1 is 0.333 bits per heavy atom. The second kappa shape index (κ2) is 75.4. The lowest BCUT2D eigenvalue weighted by Crippen LogP contribution is -2.68. The molecule has 29 heteroatoms. The summed E-state index contributed by atoms with van der Waals surface area (Å²) in [6.07, 6.45) is 34.0. The van der Waals surface area contributed by atoms with Gasteiger partial charge in [-0.15, -0.1) is 0 Å². The lowest BCUT2D eigenvalue weighted by Gasteiger charge is -2.47. The van der Waals surface area contributed by atoms with Crippen LogP contribution in [-0.4, -0.2) is 175 Å². The molecular weight excluding hydrogens is 1620 g/mol. The number of aliphatic hydroxyl groups is 4. The van der Waals surface area contributed by atoms with E-state index in [0.29, 0.717) is 38.5 Å². The molecule has 123 heavy (non-hydrogen) atoms. The van der Waals surface area contributed by atoms with E-state index < -0.39 is 176 Å². The highest BCUT2D eigenvalue weighted by molar-refractivity contribution is 7.46. The quantitative estimate of drug-likeness (QED) is 0.0117. The number of amides is 2. The van der Waals surface area contributed by atoms with Crippen LogP contribution >= 0.6 is 15.6 Å². The van der Waals surface area contributed by atoms with E-state index in [-0.39, 0.29) is 38.5 Å². The molecule has 2 aliphatic heterocycles. The number of hydrogen-bond donors (Lipinski definition) is 10. The number of nitrogens with one attached hydrogen (secondary N) is 2. The zero-order valence-electron chi connectivity index (χ0n) is 77.6. The molecule has 724 valence electrons. The van der Waals surface area contributed by atoms with Crippen LogP contribution in [0.1, 0.15) is 465 Å². The molecule has 0 aliphatic carbocycles. The molecule has 10 N–H and O–H groups in total. The van der Waals surface area contributed by atoms with Gasteiger partial charge in [-0.3, -0.25) is 37.8 Å². The van der Waals surface area contributed by atoms with E-state index in [2.05, 4.69) is 52.2 Å². The molecule has 2 heterocycles. The normalized spacial score (nSPS) is 20.4. The minimum atomic E-state index is -5.69. The molecule has 2 rings (SSSR count). The van der Waals surface area contributed by atoms with E-state index in [4.69, 9.17) is 42.2 Å². The van der Waals surface area contributed by atoms with Crippen molar-refractivity contribution in [1.29, 1.82) is 0 Å². The largest absolute Gasteiger partial charge is 0.472 e. The standard InChI is InChI=1S/C94H178N2O25P2/c1-7-13-19-25-31-37-38-44-50-56-62-68-84(103)115-78(66-60-54-48-42-35-29-23-17-11-5)72-86(105)119-92-88(96-82(101)71-77(65-59-53-47-41-34-28-22-16-10-4)114-83(102)67-61-55-49-43-36-30-24-18-12-6)93(116-79(73-97)90(92)120-122(107,108)109)113-74-80-89(106)91(118-85(104)70-76(99)64-58-52-46-40-33-27-21-15-9-3)87(94(117-80)121-123(110,111)112)95-81(100)69-75(98)63-57-51-45-39-32-26-20-14-8-2/h75-80,87-94,97-99,106H,7-74H2,1-6H3,(H,95,100)(H,96,101)(H2,107,108,109)(H2,110,111,112)/t75?,76?,77?,78?,79-,80-,87-,88-,89-,90-,91-,92-,93-,94+/m1/s1. The Labute approximate surface area is 742 Å². The fraction of sp³-hybridized carbons (Fsp3) is 0.936. The number of ether oxygens (including phenoxy) is 7. The van der Waals surface area contributed by atoms with Crippen molar-refractivity contribution >= 4 is 51.3 Å². The Morgan fingerprint density at radius 2 is 0.626 bits per heavy atom. The average Bonchev–Trinajstić information content (AvgIpc) is 0.778. The van der Waals surface area contributed by atoms with Crippen molar-refractivity contribution in [2.45, 2.75) is 551 Å². The van der Waals surface area contributed by atoms with Gasteiger partial charge in [0.05, 0.1) is 51.1 Å². The van der Waals surface area contributed by atoms with Gasteiger partial charge in [-0.2, -0.15) is 0 Å². The number of phosphoric ester groups is 2. The summed E-state index contributed by atoms with van der Waals surface area (Å²) in [5.41, 5.74) is 0. The first-order chi connectivity index (χ1) is 59.3. The molecule has 2 aliphatic rings. The highest BCUT2D eigenvalue weighted by Gasteiger charge is 2.55. The summed E-state index contributed by atoms with van der Waals surface area (Å²) in [5.74, 6) is -5.04. The average molecular weight is 1800 g/mol. The van der Waals surface area contributed by atoms with Crippen LogP contribution in [0, 0.1) is 0 Å². The number of phosphoric acid groups is 2. The molecule has 2 saturated heterocycles. The molecule has 0 aromatic heterocycles. The smallest absolute Gasteiger partial charge is 0.462 e. The van der Waals surface area contributed by atoms with Crippen LogP contribution in [0.2, 0.25) is 0 Å². The molecule has 0 aromatic rings. The number of carbonyl (C=O) groups excluding carboxylic acids is 6. The number of hydrogen-bond acceptors (Lipinski definition) is 21. The van der Waals surface area contributed by atoms with Crippen molar-refractivity contribution in [3.8, 4) is 0 Å². The molecule has 2 amide bonds. The van der Waals surface area contributed by atoms with E-state index in [1.54, 1.807) is 0 Å². The molecule has 27 nitrogen and oxygen atoms in total. The third-order valence-corrected chi connectivity index (χ3v) is 24.9. The maximum atomic E-state index is 15.2. The lowest BCUT2D eigenvalue weighted by atomic mass is 9.95. The van der Waals surface area contributed by atoms with Crippen LogP contribution < -0.4 is 10.6 Å². The Balaban J connectivity index is 2.84. The summed E-state index contributed by atoms with van der Waals surface area (Å²) in [5, 5.41) is 51.5. The highest BCUT2D eigenvalue weighted by atomic mass is 31.2. The summed E-state index contributed by atoms with van der Waals surface area (Å²) < 4.78 is 80.1. The molecule has 0 aromatic carbocycles. The van der Waals surface area contributed by atoms with Crippen molar-refractivity contribution in [2.24, 2.45) is 0 Å². The predicted molar refractivity (Wildman–Crippen MR) is 481 cm³/mol. The van der Waals surface area contributed by atoms with E-state index >= 15 is 9.59 Å². The number of aliphatic hydroxyl groups excluding tert-OH is 4. The van der Waals surface area contributed by atoms with Gasteiger partial charge in [-0.25, -0.2) is 9.13 Å². The fourth-order valence-corrected chi connectivity index (χ4v) is 17.6. The second-order valence-corrected chi connectivity index (χ2v) is 37.9. The highest BCUT2D eigenvalue weighted by Crippen LogP contribution is 2.44. The van der Waals surface area contributed by atoms with Crippen LogP contribution in [0.3, 0.4) is 0 Å². The first-order valence-electron chi connectivity index (χ1n) is 49.7. The van der Waals surface area contributed by atoms with Crippen LogP contribution in [-0.2, 0) is 80.1 Å². The van der Waals surface area contributed by atoms with E-state index in [0.717, 1.165) is 257 Å². The SMILES string of the molecule is CCCCCCCCCCCCCC(=O)OC(CCCCCCCCCCC)CC(=O)O[C@@H]1[C@@H](NC(=O)CC(CCCCCCCCCCC)OC(=O)CCCCCCCCCCC)[C@H](OC[C@H]2O[C@@H](OP(=O)(O)O)[C@H](NC(=O)CC(O)CCCCCCCCCCC)[C@@H](OC(=O)CC(O)CCCCCCCCCCC)[C@@H]2O)O[C@H](CO)[C@H]1OP(=O)(O)O. The van der Waals surface area contributed by atoms with Crippen molar-refractivity contribution in [2.75, 3.05) is 13.2 Å². The molecule has 0 bridgehead atoms. The van der Waals surface area contributed by atoms with E-state index in [9.17, 15) is 68.3 Å². The molecule has 0 saturated carbocycles.